The number of ether oxygens (including phenoxy) is 1. The fourth-order valence-electron chi connectivity index (χ4n) is 3.11. The first kappa shape index (κ1) is 18.8. The predicted octanol–water partition coefficient (Wildman–Crippen LogP) is 1.09. The molecule has 144 valence electrons. The lowest BCUT2D eigenvalue weighted by molar-refractivity contribution is -0.125. The van der Waals surface area contributed by atoms with Crippen LogP contribution in [0.5, 0.6) is 0 Å². The molecule has 2 aromatic rings. The van der Waals surface area contributed by atoms with Gasteiger partial charge in [0.1, 0.15) is 11.6 Å². The SMILES string of the molecule is CCOC(=O)N1CCC(NC(=O)[C@H](C)n2nnc3ccccc3c2=O)CC1. The molecule has 1 saturated heterocycles. The first-order chi connectivity index (χ1) is 13.0. The first-order valence-electron chi connectivity index (χ1n) is 9.07. The Kier molecular flexibility index (Phi) is 5.68. The van der Waals surface area contributed by atoms with Gasteiger partial charge in [0, 0.05) is 19.1 Å². The number of carbonyl (C=O) groups is 2. The van der Waals surface area contributed by atoms with Crippen molar-refractivity contribution < 1.29 is 14.3 Å². The van der Waals surface area contributed by atoms with E-state index in [1.54, 1.807) is 43.0 Å². The van der Waals surface area contributed by atoms with Gasteiger partial charge in [0.2, 0.25) is 5.91 Å². The monoisotopic (exact) mass is 373 g/mol. The molecule has 1 atom stereocenters. The fourth-order valence-corrected chi connectivity index (χ4v) is 3.11. The van der Waals surface area contributed by atoms with E-state index < -0.39 is 6.04 Å². The highest BCUT2D eigenvalue weighted by Crippen LogP contribution is 2.13. The molecule has 2 amide bonds. The van der Waals surface area contributed by atoms with E-state index >= 15 is 0 Å². The Morgan fingerprint density at radius 1 is 1.30 bits per heavy atom. The normalized spacial score (nSPS) is 16.1. The molecule has 0 saturated carbocycles. The van der Waals surface area contributed by atoms with Gasteiger partial charge in [0.25, 0.3) is 5.56 Å². The second-order valence-electron chi connectivity index (χ2n) is 6.50. The van der Waals surface area contributed by atoms with Crippen molar-refractivity contribution in [2.75, 3.05) is 19.7 Å². The van der Waals surface area contributed by atoms with E-state index in [9.17, 15) is 14.4 Å². The molecule has 0 unspecified atom stereocenters. The number of amides is 2. The van der Waals surface area contributed by atoms with Crippen molar-refractivity contribution in [2.45, 2.75) is 38.8 Å². The van der Waals surface area contributed by atoms with Gasteiger partial charge in [-0.15, -0.1) is 5.10 Å². The molecule has 9 nitrogen and oxygen atoms in total. The number of fused-ring (bicyclic) bond motifs is 1. The average Bonchev–Trinajstić information content (AvgIpc) is 2.68. The van der Waals surface area contributed by atoms with E-state index in [0.717, 1.165) is 4.68 Å². The van der Waals surface area contributed by atoms with Crippen LogP contribution < -0.4 is 10.9 Å². The van der Waals surface area contributed by atoms with E-state index in [1.165, 1.54) is 0 Å². The van der Waals surface area contributed by atoms with E-state index in [1.807, 2.05) is 0 Å². The highest BCUT2D eigenvalue weighted by atomic mass is 16.6. The van der Waals surface area contributed by atoms with Crippen LogP contribution in [0.2, 0.25) is 0 Å². The number of carbonyl (C=O) groups excluding carboxylic acids is 2. The molecule has 1 aromatic heterocycles. The van der Waals surface area contributed by atoms with Crippen LogP contribution >= 0.6 is 0 Å². The van der Waals surface area contributed by atoms with Gasteiger partial charge in [-0.3, -0.25) is 9.59 Å². The molecule has 9 heteroatoms. The van der Waals surface area contributed by atoms with Gasteiger partial charge in [0.15, 0.2) is 0 Å². The Labute approximate surface area is 156 Å². The number of piperidine rings is 1. The van der Waals surface area contributed by atoms with Crippen LogP contribution in [0, 0.1) is 0 Å². The number of rotatable bonds is 4. The average molecular weight is 373 g/mol. The number of nitrogens with zero attached hydrogens (tertiary/aromatic N) is 4. The number of aromatic nitrogens is 3. The summed E-state index contributed by atoms with van der Waals surface area (Å²) in [5.74, 6) is -0.295. The van der Waals surface area contributed by atoms with Crippen LogP contribution in [-0.2, 0) is 9.53 Å². The van der Waals surface area contributed by atoms with Gasteiger partial charge in [-0.05, 0) is 38.8 Å². The molecule has 1 aliphatic heterocycles. The van der Waals surface area contributed by atoms with Gasteiger partial charge in [-0.1, -0.05) is 17.3 Å². The zero-order valence-corrected chi connectivity index (χ0v) is 15.4. The Morgan fingerprint density at radius 2 is 2.00 bits per heavy atom. The third-order valence-electron chi connectivity index (χ3n) is 4.71. The molecule has 2 heterocycles. The number of likely N-dealkylation sites (tertiary alicyclic amines) is 1. The topological polar surface area (TPSA) is 106 Å². The van der Waals surface area contributed by atoms with Crippen molar-refractivity contribution in [3.8, 4) is 0 Å². The molecule has 0 bridgehead atoms. The summed E-state index contributed by atoms with van der Waals surface area (Å²) in [5, 5.41) is 11.3. The summed E-state index contributed by atoms with van der Waals surface area (Å²) in [5.41, 5.74) is 0.151. The van der Waals surface area contributed by atoms with Crippen molar-refractivity contribution in [3.63, 3.8) is 0 Å². The van der Waals surface area contributed by atoms with Gasteiger partial charge in [-0.25, -0.2) is 4.79 Å². The second kappa shape index (κ2) is 8.15. The molecule has 1 fully saturated rings. The molecule has 1 aromatic carbocycles. The number of hydrogen-bond acceptors (Lipinski definition) is 6. The second-order valence-corrected chi connectivity index (χ2v) is 6.50. The van der Waals surface area contributed by atoms with E-state index in [4.69, 9.17) is 4.74 Å². The number of hydrogen-bond donors (Lipinski definition) is 1. The lowest BCUT2D eigenvalue weighted by Crippen LogP contribution is -2.48. The highest BCUT2D eigenvalue weighted by molar-refractivity contribution is 5.81. The summed E-state index contributed by atoms with van der Waals surface area (Å²) in [7, 11) is 0. The first-order valence-corrected chi connectivity index (χ1v) is 9.07. The van der Waals surface area contributed by atoms with Gasteiger partial charge >= 0.3 is 6.09 Å². The third kappa shape index (κ3) is 4.07. The molecular formula is C18H23N5O4. The van der Waals surface area contributed by atoms with Crippen molar-refractivity contribution in [1.29, 1.82) is 0 Å². The van der Waals surface area contributed by atoms with Crippen molar-refractivity contribution >= 4 is 22.9 Å². The van der Waals surface area contributed by atoms with Gasteiger partial charge in [0.05, 0.1) is 12.0 Å². The van der Waals surface area contributed by atoms with E-state index in [0.29, 0.717) is 43.4 Å². The molecule has 1 aliphatic rings. The maximum Gasteiger partial charge on any atom is 0.409 e. The minimum atomic E-state index is -0.780. The lowest BCUT2D eigenvalue weighted by Gasteiger charge is -2.32. The smallest absolute Gasteiger partial charge is 0.409 e. The largest absolute Gasteiger partial charge is 0.450 e. The Hall–Kier alpha value is -2.97. The van der Waals surface area contributed by atoms with Crippen LogP contribution in [-0.4, -0.2) is 57.6 Å². The molecule has 3 rings (SSSR count). The molecule has 0 radical (unpaired) electrons. The fraction of sp³-hybridized carbons (Fsp3) is 0.500. The van der Waals surface area contributed by atoms with Gasteiger partial charge in [-0.2, -0.15) is 4.68 Å². The zero-order chi connectivity index (χ0) is 19.4. The van der Waals surface area contributed by atoms with E-state index in [2.05, 4.69) is 15.6 Å². The van der Waals surface area contributed by atoms with Crippen LogP contribution in [0.25, 0.3) is 10.9 Å². The van der Waals surface area contributed by atoms with Crippen molar-refractivity contribution in [2.24, 2.45) is 0 Å². The van der Waals surface area contributed by atoms with Crippen molar-refractivity contribution in [1.82, 2.24) is 25.2 Å². The molecule has 27 heavy (non-hydrogen) atoms. The minimum absolute atomic E-state index is 0.0604. The third-order valence-corrected chi connectivity index (χ3v) is 4.71. The standard InChI is InChI=1S/C18H23N5O4/c1-3-27-18(26)22-10-8-13(9-11-22)19-16(24)12(2)23-17(25)14-6-4-5-7-15(14)20-21-23/h4-7,12-13H,3,8-11H2,1-2H3,(H,19,24)/t12-/m0/s1. The molecule has 0 spiro atoms. The van der Waals surface area contributed by atoms with Gasteiger partial charge < -0.3 is 15.0 Å². The summed E-state index contributed by atoms with van der Waals surface area (Å²) in [6.45, 7) is 4.77. The van der Waals surface area contributed by atoms with E-state index in [-0.39, 0.29) is 23.6 Å². The predicted molar refractivity (Wildman–Crippen MR) is 98.3 cm³/mol. The Balaban J connectivity index is 1.63. The minimum Gasteiger partial charge on any atom is -0.450 e. The summed E-state index contributed by atoms with van der Waals surface area (Å²) >= 11 is 0. The molecular weight excluding hydrogens is 350 g/mol. The number of benzene rings is 1. The lowest BCUT2D eigenvalue weighted by atomic mass is 10.0. The Morgan fingerprint density at radius 3 is 2.70 bits per heavy atom. The summed E-state index contributed by atoms with van der Waals surface area (Å²) in [4.78, 5) is 38.5. The zero-order valence-electron chi connectivity index (χ0n) is 15.4. The maximum absolute atomic E-state index is 12.6. The quantitative estimate of drug-likeness (QED) is 0.860. The molecule has 1 N–H and O–H groups in total. The van der Waals surface area contributed by atoms with Crippen LogP contribution in [0.15, 0.2) is 29.1 Å². The van der Waals surface area contributed by atoms with Crippen molar-refractivity contribution in [3.05, 3.63) is 34.6 Å². The molecule has 0 aliphatic carbocycles. The van der Waals surface area contributed by atoms with Crippen LogP contribution in [0.4, 0.5) is 4.79 Å². The number of nitrogens with one attached hydrogen (secondary N) is 1. The maximum atomic E-state index is 12.6. The summed E-state index contributed by atoms with van der Waals surface area (Å²) in [6, 6.07) is 6.05. The summed E-state index contributed by atoms with van der Waals surface area (Å²) < 4.78 is 6.09. The van der Waals surface area contributed by atoms with Crippen LogP contribution in [0.3, 0.4) is 0 Å². The highest BCUT2D eigenvalue weighted by Gasteiger charge is 2.27. The van der Waals surface area contributed by atoms with Crippen LogP contribution in [0.1, 0.15) is 32.7 Å². The Bertz CT molecular complexity index is 889. The summed E-state index contributed by atoms with van der Waals surface area (Å²) in [6.07, 6.45) is 0.944.